The number of alkyl halides is 3. The van der Waals surface area contributed by atoms with Crippen LogP contribution in [0.4, 0.5) is 17.6 Å². The highest BCUT2D eigenvalue weighted by Gasteiger charge is 2.31. The second-order valence-corrected chi connectivity index (χ2v) is 8.47. The summed E-state index contributed by atoms with van der Waals surface area (Å²) in [7, 11) is 0. The maximum absolute atomic E-state index is 14.8. The van der Waals surface area contributed by atoms with E-state index in [-0.39, 0.29) is 11.6 Å². The smallest absolute Gasteiger partial charge is 0.406 e. The monoisotopic (exact) mass is 406 g/mol. The normalized spacial score (nSPS) is 23.3. The van der Waals surface area contributed by atoms with Gasteiger partial charge in [-0.3, -0.25) is 0 Å². The Bertz CT molecular complexity index is 814. The molecule has 2 aliphatic rings. The molecule has 2 fully saturated rings. The molecule has 0 aromatic heterocycles. The molecule has 2 aliphatic carbocycles. The molecule has 0 aliphatic heterocycles. The molecule has 5 heteroatoms. The van der Waals surface area contributed by atoms with Crippen molar-refractivity contribution in [1.29, 1.82) is 0 Å². The summed E-state index contributed by atoms with van der Waals surface area (Å²) in [5, 5.41) is 0. The third-order valence-electron chi connectivity index (χ3n) is 6.70. The summed E-state index contributed by atoms with van der Waals surface area (Å²) in [4.78, 5) is 0. The highest BCUT2D eigenvalue weighted by molar-refractivity contribution is 5.65. The van der Waals surface area contributed by atoms with Crippen molar-refractivity contribution in [1.82, 2.24) is 0 Å². The average molecular weight is 406 g/mol. The first-order valence-corrected chi connectivity index (χ1v) is 10.5. The van der Waals surface area contributed by atoms with Gasteiger partial charge in [-0.25, -0.2) is 4.39 Å². The van der Waals surface area contributed by atoms with Gasteiger partial charge in [0.05, 0.1) is 0 Å². The van der Waals surface area contributed by atoms with Crippen LogP contribution < -0.4 is 4.74 Å². The molecule has 0 amide bonds. The largest absolute Gasteiger partial charge is 0.573 e. The molecule has 2 aromatic rings. The summed E-state index contributed by atoms with van der Waals surface area (Å²) < 4.78 is 55.5. The first kappa shape index (κ1) is 20.2. The van der Waals surface area contributed by atoms with E-state index >= 15 is 0 Å². The molecule has 4 rings (SSSR count). The van der Waals surface area contributed by atoms with Crippen molar-refractivity contribution in [3.63, 3.8) is 0 Å². The molecule has 29 heavy (non-hydrogen) atoms. The molecule has 0 spiro atoms. The summed E-state index contributed by atoms with van der Waals surface area (Å²) in [6.45, 7) is 0. The molecule has 0 radical (unpaired) electrons. The van der Waals surface area contributed by atoms with Crippen LogP contribution in [0.2, 0.25) is 0 Å². The molecule has 0 saturated heterocycles. The lowest BCUT2D eigenvalue weighted by molar-refractivity contribution is -0.274. The Morgan fingerprint density at radius 1 is 0.759 bits per heavy atom. The molecule has 1 nitrogen and oxygen atoms in total. The Hall–Kier alpha value is -2.04. The van der Waals surface area contributed by atoms with Gasteiger partial charge in [0.15, 0.2) is 0 Å². The van der Waals surface area contributed by atoms with E-state index in [0.29, 0.717) is 17.0 Å². The summed E-state index contributed by atoms with van der Waals surface area (Å²) in [6, 6.07) is 10.6. The fourth-order valence-electron chi connectivity index (χ4n) is 5.21. The van der Waals surface area contributed by atoms with Crippen LogP contribution in [0.15, 0.2) is 42.5 Å². The third kappa shape index (κ3) is 4.93. The molecule has 0 heterocycles. The maximum atomic E-state index is 14.8. The molecule has 156 valence electrons. The van der Waals surface area contributed by atoms with Gasteiger partial charge in [-0.1, -0.05) is 49.9 Å². The predicted molar refractivity (Wildman–Crippen MR) is 105 cm³/mol. The summed E-state index contributed by atoms with van der Waals surface area (Å²) in [6.07, 6.45) is 5.48. The van der Waals surface area contributed by atoms with Crippen LogP contribution >= 0.6 is 0 Å². The van der Waals surface area contributed by atoms with Crippen LogP contribution in [0, 0.1) is 17.7 Å². The predicted octanol–water partition coefficient (Wildman–Crippen LogP) is 7.86. The molecular formula is C24H26F4O. The van der Waals surface area contributed by atoms with Crippen molar-refractivity contribution in [3.8, 4) is 16.9 Å². The minimum Gasteiger partial charge on any atom is -0.406 e. The molecule has 0 bridgehead atoms. The maximum Gasteiger partial charge on any atom is 0.573 e. The van der Waals surface area contributed by atoms with Crippen LogP contribution in [0.1, 0.15) is 62.8 Å². The van der Waals surface area contributed by atoms with Crippen molar-refractivity contribution in [3.05, 3.63) is 53.8 Å². The second kappa shape index (κ2) is 8.37. The number of hydrogen-bond acceptors (Lipinski definition) is 1. The fourth-order valence-corrected chi connectivity index (χ4v) is 5.21. The molecule has 0 atom stereocenters. The standard InChI is InChI=1S/C24H26F4O/c25-23-15-20(18-7-5-17(6-8-18)16-3-1-2-4-16)11-14-22(23)19-9-12-21(13-10-19)29-24(26,27)28/h9-18H,1-8H2. The summed E-state index contributed by atoms with van der Waals surface area (Å²) in [5.74, 6) is 1.51. The Morgan fingerprint density at radius 3 is 1.97 bits per heavy atom. The minimum absolute atomic E-state index is 0.308. The van der Waals surface area contributed by atoms with Gasteiger partial charge in [0.1, 0.15) is 11.6 Å². The summed E-state index contributed by atoms with van der Waals surface area (Å²) >= 11 is 0. The van der Waals surface area contributed by atoms with Crippen molar-refractivity contribution >= 4 is 0 Å². The fraction of sp³-hybridized carbons (Fsp3) is 0.500. The Labute approximate surface area is 169 Å². The zero-order valence-corrected chi connectivity index (χ0v) is 16.4. The van der Waals surface area contributed by atoms with E-state index in [1.54, 1.807) is 12.1 Å². The van der Waals surface area contributed by atoms with Gasteiger partial charge in [0, 0.05) is 5.56 Å². The third-order valence-corrected chi connectivity index (χ3v) is 6.70. The zero-order chi connectivity index (χ0) is 20.4. The van der Waals surface area contributed by atoms with E-state index in [4.69, 9.17) is 0 Å². The van der Waals surface area contributed by atoms with E-state index in [9.17, 15) is 17.6 Å². The van der Waals surface area contributed by atoms with E-state index < -0.39 is 6.36 Å². The van der Waals surface area contributed by atoms with Gasteiger partial charge in [0.2, 0.25) is 0 Å². The van der Waals surface area contributed by atoms with Crippen molar-refractivity contribution < 1.29 is 22.3 Å². The van der Waals surface area contributed by atoms with Crippen LogP contribution in [0.5, 0.6) is 5.75 Å². The number of halogens is 4. The van der Waals surface area contributed by atoms with Crippen LogP contribution in [-0.2, 0) is 0 Å². The van der Waals surface area contributed by atoms with Crippen LogP contribution in [0.3, 0.4) is 0 Å². The Kier molecular flexibility index (Phi) is 5.84. The van der Waals surface area contributed by atoms with Gasteiger partial charge >= 0.3 is 6.36 Å². The number of rotatable bonds is 4. The number of hydrogen-bond donors (Lipinski definition) is 0. The highest BCUT2D eigenvalue weighted by Crippen LogP contribution is 2.44. The van der Waals surface area contributed by atoms with E-state index in [1.807, 2.05) is 6.07 Å². The van der Waals surface area contributed by atoms with Gasteiger partial charge < -0.3 is 4.74 Å². The molecule has 2 saturated carbocycles. The van der Waals surface area contributed by atoms with Crippen LogP contribution in [0.25, 0.3) is 11.1 Å². The van der Waals surface area contributed by atoms with E-state index in [2.05, 4.69) is 4.74 Å². The Morgan fingerprint density at radius 2 is 1.38 bits per heavy atom. The number of benzene rings is 2. The average Bonchev–Trinajstić information content (AvgIpc) is 3.22. The first-order valence-electron chi connectivity index (χ1n) is 10.5. The Balaban J connectivity index is 1.42. The van der Waals surface area contributed by atoms with E-state index in [0.717, 1.165) is 30.2 Å². The quantitative estimate of drug-likeness (QED) is 0.470. The van der Waals surface area contributed by atoms with Gasteiger partial charge in [0.25, 0.3) is 0 Å². The van der Waals surface area contributed by atoms with Crippen LogP contribution in [-0.4, -0.2) is 6.36 Å². The second-order valence-electron chi connectivity index (χ2n) is 8.47. The summed E-state index contributed by atoms with van der Waals surface area (Å²) in [5.41, 5.74) is 1.97. The van der Waals surface area contributed by atoms with Gasteiger partial charge in [-0.2, -0.15) is 0 Å². The minimum atomic E-state index is -4.73. The molecule has 0 unspecified atom stereocenters. The van der Waals surface area contributed by atoms with Crippen molar-refractivity contribution in [2.24, 2.45) is 11.8 Å². The highest BCUT2D eigenvalue weighted by atomic mass is 19.4. The zero-order valence-electron chi connectivity index (χ0n) is 16.4. The lowest BCUT2D eigenvalue weighted by Gasteiger charge is -2.32. The lowest BCUT2D eigenvalue weighted by atomic mass is 9.73. The lowest BCUT2D eigenvalue weighted by Crippen LogP contribution is -2.19. The SMILES string of the molecule is Fc1cc(C2CCC(C3CCCC3)CC2)ccc1-c1ccc(OC(F)(F)F)cc1. The first-order chi connectivity index (χ1) is 13.9. The van der Waals surface area contributed by atoms with Crippen molar-refractivity contribution in [2.45, 2.75) is 63.6 Å². The van der Waals surface area contributed by atoms with E-state index in [1.165, 1.54) is 62.8 Å². The van der Waals surface area contributed by atoms with Crippen molar-refractivity contribution in [2.75, 3.05) is 0 Å². The molecule has 0 N–H and O–H groups in total. The number of ether oxygens (including phenoxy) is 1. The van der Waals surface area contributed by atoms with Gasteiger partial charge in [-0.05, 0) is 72.8 Å². The molecular weight excluding hydrogens is 380 g/mol. The van der Waals surface area contributed by atoms with Gasteiger partial charge in [-0.15, -0.1) is 13.2 Å². The topological polar surface area (TPSA) is 9.23 Å². The molecule has 2 aromatic carbocycles.